The summed E-state index contributed by atoms with van der Waals surface area (Å²) >= 11 is 3.38. The van der Waals surface area contributed by atoms with Gasteiger partial charge in [0, 0.05) is 4.47 Å². The number of hydroxylamine groups is 1. The lowest BCUT2D eigenvalue weighted by atomic mass is 9.90. The van der Waals surface area contributed by atoms with Gasteiger partial charge in [-0.2, -0.15) is 13.2 Å². The van der Waals surface area contributed by atoms with E-state index in [0.717, 1.165) is 16.6 Å². The standard InChI is InChI=1S/C24H16BrF3N2O3/c25-15-12-10-14(11-13-15)20-19-21(33-30(20)16-6-2-1-3-7-16)23(32)29(22(19)31)18-9-5-4-8-17(18)24(26,27)28/h1-13,19-21H/t19-,20-,21-/m1/s1. The molecule has 5 rings (SSSR count). The van der Waals surface area contributed by atoms with Gasteiger partial charge in [-0.3, -0.25) is 14.4 Å². The number of carbonyl (C=O) groups is 2. The van der Waals surface area contributed by atoms with Crippen molar-refractivity contribution < 1.29 is 27.6 Å². The molecule has 2 aliphatic heterocycles. The molecule has 3 atom stereocenters. The number of imide groups is 1. The lowest BCUT2D eigenvalue weighted by Gasteiger charge is -2.29. The first-order valence-corrected chi connectivity index (χ1v) is 10.9. The topological polar surface area (TPSA) is 49.9 Å². The number of amides is 2. The van der Waals surface area contributed by atoms with Crippen molar-refractivity contribution in [1.29, 1.82) is 0 Å². The Morgan fingerprint density at radius 2 is 1.45 bits per heavy atom. The molecule has 2 heterocycles. The van der Waals surface area contributed by atoms with E-state index in [-0.39, 0.29) is 0 Å². The summed E-state index contributed by atoms with van der Waals surface area (Å²) in [5.41, 5.74) is -0.213. The molecule has 0 unspecified atom stereocenters. The Hall–Kier alpha value is -3.17. The second kappa shape index (κ2) is 8.00. The van der Waals surface area contributed by atoms with Crippen LogP contribution in [0, 0.1) is 5.92 Å². The molecule has 33 heavy (non-hydrogen) atoms. The molecule has 3 aromatic carbocycles. The van der Waals surface area contributed by atoms with Crippen molar-refractivity contribution in [3.05, 3.63) is 94.5 Å². The summed E-state index contributed by atoms with van der Waals surface area (Å²) in [5.74, 6) is -2.56. The number of fused-ring (bicyclic) bond motifs is 1. The van der Waals surface area contributed by atoms with Crippen molar-refractivity contribution >= 4 is 39.1 Å². The second-order valence-corrected chi connectivity index (χ2v) is 8.65. The Morgan fingerprint density at radius 1 is 0.818 bits per heavy atom. The van der Waals surface area contributed by atoms with Crippen LogP contribution in [0.5, 0.6) is 0 Å². The van der Waals surface area contributed by atoms with E-state index in [1.165, 1.54) is 17.2 Å². The predicted molar refractivity (Wildman–Crippen MR) is 118 cm³/mol. The van der Waals surface area contributed by atoms with Crippen LogP contribution < -0.4 is 9.96 Å². The molecule has 5 nitrogen and oxygen atoms in total. The van der Waals surface area contributed by atoms with Gasteiger partial charge in [0.1, 0.15) is 5.92 Å². The van der Waals surface area contributed by atoms with Gasteiger partial charge in [0.25, 0.3) is 5.91 Å². The van der Waals surface area contributed by atoms with E-state index in [4.69, 9.17) is 4.84 Å². The Bertz CT molecular complexity index is 1220. The third kappa shape index (κ3) is 3.61. The maximum Gasteiger partial charge on any atom is 0.418 e. The monoisotopic (exact) mass is 516 g/mol. The number of alkyl halides is 3. The first kappa shape index (κ1) is 21.7. The molecule has 9 heteroatoms. The van der Waals surface area contributed by atoms with Gasteiger partial charge in [0.15, 0.2) is 6.10 Å². The van der Waals surface area contributed by atoms with Crippen molar-refractivity contribution in [3.63, 3.8) is 0 Å². The van der Waals surface area contributed by atoms with E-state index < -0.39 is 47.3 Å². The van der Waals surface area contributed by atoms with Crippen LogP contribution in [0.25, 0.3) is 0 Å². The molecule has 0 N–H and O–H groups in total. The first-order chi connectivity index (χ1) is 15.8. The average molecular weight is 517 g/mol. The van der Waals surface area contributed by atoms with Crippen LogP contribution >= 0.6 is 15.9 Å². The number of benzene rings is 3. The largest absolute Gasteiger partial charge is 0.418 e. The van der Waals surface area contributed by atoms with Crippen LogP contribution in [0.4, 0.5) is 24.5 Å². The summed E-state index contributed by atoms with van der Waals surface area (Å²) in [6.07, 6.45) is -5.97. The van der Waals surface area contributed by atoms with Gasteiger partial charge in [-0.05, 0) is 42.0 Å². The molecule has 2 fully saturated rings. The molecule has 0 spiro atoms. The van der Waals surface area contributed by atoms with Gasteiger partial charge in [0.2, 0.25) is 5.91 Å². The number of nitrogens with zero attached hydrogens (tertiary/aromatic N) is 2. The minimum absolute atomic E-state index is 0.487. The normalized spacial score (nSPS) is 22.7. The molecule has 0 saturated carbocycles. The van der Waals surface area contributed by atoms with Crippen LogP contribution in [-0.2, 0) is 20.6 Å². The fraction of sp³-hybridized carbons (Fsp3) is 0.167. The Labute approximate surface area is 195 Å². The smallest absolute Gasteiger partial charge is 0.273 e. The minimum Gasteiger partial charge on any atom is -0.273 e. The quantitative estimate of drug-likeness (QED) is 0.430. The second-order valence-electron chi connectivity index (χ2n) is 7.74. The summed E-state index contributed by atoms with van der Waals surface area (Å²) in [4.78, 5) is 33.4. The van der Waals surface area contributed by atoms with Crippen LogP contribution in [-0.4, -0.2) is 17.9 Å². The molecule has 0 radical (unpaired) electrons. The third-order valence-corrected chi connectivity index (χ3v) is 6.32. The Morgan fingerprint density at radius 3 is 2.12 bits per heavy atom. The van der Waals surface area contributed by atoms with Crippen LogP contribution in [0.1, 0.15) is 17.2 Å². The van der Waals surface area contributed by atoms with Crippen LogP contribution in [0.2, 0.25) is 0 Å². The highest BCUT2D eigenvalue weighted by molar-refractivity contribution is 9.10. The highest BCUT2D eigenvalue weighted by Crippen LogP contribution is 2.49. The summed E-state index contributed by atoms with van der Waals surface area (Å²) < 4.78 is 41.7. The summed E-state index contributed by atoms with van der Waals surface area (Å²) in [7, 11) is 0. The summed E-state index contributed by atoms with van der Waals surface area (Å²) in [6, 6.07) is 20.0. The van der Waals surface area contributed by atoms with Crippen LogP contribution in [0.15, 0.2) is 83.3 Å². The highest BCUT2D eigenvalue weighted by atomic mass is 79.9. The molecule has 2 amide bonds. The van der Waals surface area contributed by atoms with Crippen molar-refractivity contribution in [2.45, 2.75) is 18.3 Å². The van der Waals surface area contributed by atoms with Gasteiger partial charge >= 0.3 is 6.18 Å². The lowest BCUT2D eigenvalue weighted by molar-refractivity contribution is -0.137. The molecule has 3 aromatic rings. The lowest BCUT2D eigenvalue weighted by Crippen LogP contribution is -2.38. The Balaban J connectivity index is 1.60. The van der Waals surface area contributed by atoms with Gasteiger partial charge < -0.3 is 0 Å². The average Bonchev–Trinajstić information content (AvgIpc) is 3.30. The van der Waals surface area contributed by atoms with Gasteiger partial charge in [0.05, 0.1) is 23.0 Å². The van der Waals surface area contributed by atoms with Crippen molar-refractivity contribution in [3.8, 4) is 0 Å². The number of hydrogen-bond acceptors (Lipinski definition) is 4. The summed E-state index contributed by atoms with van der Waals surface area (Å²) in [6.45, 7) is 0. The zero-order valence-corrected chi connectivity index (χ0v) is 18.5. The molecule has 0 aromatic heterocycles. The molecular weight excluding hydrogens is 501 g/mol. The SMILES string of the molecule is O=C1[C@@H]2[C@@H](c3ccc(Br)cc3)N(c3ccccc3)O[C@H]2C(=O)N1c1ccccc1C(F)(F)F. The van der Waals surface area contributed by atoms with E-state index in [0.29, 0.717) is 16.2 Å². The van der Waals surface area contributed by atoms with Crippen molar-refractivity contribution in [1.82, 2.24) is 0 Å². The predicted octanol–water partition coefficient (Wildman–Crippen LogP) is 5.52. The number of halogens is 4. The maximum atomic E-state index is 13.6. The fourth-order valence-corrected chi connectivity index (χ4v) is 4.62. The van der Waals surface area contributed by atoms with E-state index in [1.807, 2.05) is 6.07 Å². The third-order valence-electron chi connectivity index (χ3n) is 5.79. The van der Waals surface area contributed by atoms with Gasteiger partial charge in [-0.25, -0.2) is 9.96 Å². The Kier molecular flexibility index (Phi) is 5.25. The minimum atomic E-state index is -4.73. The number of anilines is 2. The number of rotatable bonds is 3. The zero-order chi connectivity index (χ0) is 23.3. The zero-order valence-electron chi connectivity index (χ0n) is 16.9. The summed E-state index contributed by atoms with van der Waals surface area (Å²) in [5, 5.41) is 1.50. The molecule has 0 bridgehead atoms. The van der Waals surface area contributed by atoms with Crippen molar-refractivity contribution in [2.75, 3.05) is 9.96 Å². The van der Waals surface area contributed by atoms with E-state index in [2.05, 4.69) is 15.9 Å². The number of para-hydroxylation sites is 2. The van der Waals surface area contributed by atoms with Crippen LogP contribution in [0.3, 0.4) is 0 Å². The first-order valence-electron chi connectivity index (χ1n) is 10.1. The molecule has 2 aliphatic rings. The van der Waals surface area contributed by atoms with E-state index >= 15 is 0 Å². The van der Waals surface area contributed by atoms with Crippen molar-refractivity contribution in [2.24, 2.45) is 5.92 Å². The highest BCUT2D eigenvalue weighted by Gasteiger charge is 2.61. The number of hydrogen-bond donors (Lipinski definition) is 0. The van der Waals surface area contributed by atoms with E-state index in [1.54, 1.807) is 48.5 Å². The molecular formula is C24H16BrF3N2O3. The molecule has 2 saturated heterocycles. The van der Waals surface area contributed by atoms with Gasteiger partial charge in [-0.1, -0.05) is 58.4 Å². The fourth-order valence-electron chi connectivity index (χ4n) is 4.36. The van der Waals surface area contributed by atoms with E-state index in [9.17, 15) is 22.8 Å². The van der Waals surface area contributed by atoms with Gasteiger partial charge in [-0.15, -0.1) is 0 Å². The molecule has 168 valence electrons. The molecule has 0 aliphatic carbocycles. The maximum absolute atomic E-state index is 13.6. The number of carbonyl (C=O) groups excluding carboxylic acids is 2.